The summed E-state index contributed by atoms with van der Waals surface area (Å²) < 4.78 is 27.4. The molecule has 0 spiro atoms. The molecule has 1 fully saturated rings. The lowest BCUT2D eigenvalue weighted by Gasteiger charge is -2.22. The number of halogens is 1. The molecule has 0 saturated carbocycles. The zero-order valence-corrected chi connectivity index (χ0v) is 8.91. The van der Waals surface area contributed by atoms with E-state index >= 15 is 0 Å². The van der Waals surface area contributed by atoms with E-state index in [9.17, 15) is 9.18 Å². The molecule has 1 aliphatic rings. The highest BCUT2D eigenvalue weighted by Gasteiger charge is 2.22. The zero-order valence-electron chi connectivity index (χ0n) is 8.91. The van der Waals surface area contributed by atoms with E-state index in [1.54, 1.807) is 6.92 Å². The van der Waals surface area contributed by atoms with Crippen LogP contribution < -0.4 is 0 Å². The number of ether oxygens (including phenoxy) is 3. The maximum atomic E-state index is 13.0. The number of hydrogen-bond donors (Lipinski definition) is 0. The summed E-state index contributed by atoms with van der Waals surface area (Å²) in [7, 11) is 0. The van der Waals surface area contributed by atoms with Crippen LogP contribution in [-0.2, 0) is 19.0 Å². The molecule has 1 saturated heterocycles. The first-order chi connectivity index (χ1) is 7.24. The molecule has 0 radical (unpaired) electrons. The van der Waals surface area contributed by atoms with Crippen LogP contribution in [0.25, 0.3) is 0 Å². The summed E-state index contributed by atoms with van der Waals surface area (Å²) in [4.78, 5) is 10.9. The first-order valence-electron chi connectivity index (χ1n) is 5.24. The van der Waals surface area contributed by atoms with Gasteiger partial charge in [-0.3, -0.25) is 0 Å². The SMILES string of the molecule is CCOC(=O)C(F)OCC1CCOCC1. The lowest BCUT2D eigenvalue weighted by molar-refractivity contribution is -0.171. The van der Waals surface area contributed by atoms with E-state index < -0.39 is 12.3 Å². The molecular weight excluding hydrogens is 203 g/mol. The lowest BCUT2D eigenvalue weighted by Crippen LogP contribution is -2.27. The summed E-state index contributed by atoms with van der Waals surface area (Å²) in [6.07, 6.45) is -0.238. The largest absolute Gasteiger partial charge is 0.462 e. The molecule has 1 unspecified atom stereocenters. The Kier molecular flexibility index (Phi) is 5.57. The van der Waals surface area contributed by atoms with Crippen molar-refractivity contribution >= 4 is 5.97 Å². The number of carbonyl (C=O) groups excluding carboxylic acids is 1. The molecule has 1 heterocycles. The predicted octanol–water partition coefficient (Wildman–Crippen LogP) is 1.29. The van der Waals surface area contributed by atoms with Gasteiger partial charge in [-0.2, -0.15) is 0 Å². The standard InChI is InChI=1S/C10H17FO4/c1-2-14-10(12)9(11)15-7-8-3-5-13-6-4-8/h8-9H,2-7H2,1H3. The Morgan fingerprint density at radius 1 is 1.53 bits per heavy atom. The summed E-state index contributed by atoms with van der Waals surface area (Å²) in [5, 5.41) is 0. The normalized spacial score (nSPS) is 19.9. The minimum Gasteiger partial charge on any atom is -0.462 e. The average molecular weight is 220 g/mol. The van der Waals surface area contributed by atoms with E-state index in [1.165, 1.54) is 0 Å². The van der Waals surface area contributed by atoms with Crippen molar-refractivity contribution in [3.63, 3.8) is 0 Å². The number of hydrogen-bond acceptors (Lipinski definition) is 4. The fraction of sp³-hybridized carbons (Fsp3) is 0.900. The van der Waals surface area contributed by atoms with Gasteiger partial charge in [0.2, 0.25) is 0 Å². The van der Waals surface area contributed by atoms with Crippen molar-refractivity contribution in [2.75, 3.05) is 26.4 Å². The Morgan fingerprint density at radius 3 is 2.80 bits per heavy atom. The van der Waals surface area contributed by atoms with Crippen LogP contribution in [0.2, 0.25) is 0 Å². The number of alkyl halides is 1. The molecule has 0 N–H and O–H groups in total. The summed E-state index contributed by atoms with van der Waals surface area (Å²) in [5.74, 6) is -0.656. The molecule has 0 aromatic heterocycles. The minimum absolute atomic E-state index is 0.167. The van der Waals surface area contributed by atoms with Gasteiger partial charge in [0, 0.05) is 13.2 Å². The molecule has 1 atom stereocenters. The Labute approximate surface area is 88.7 Å². The molecule has 4 nitrogen and oxygen atoms in total. The van der Waals surface area contributed by atoms with E-state index in [0.29, 0.717) is 13.2 Å². The van der Waals surface area contributed by atoms with Gasteiger partial charge in [0.05, 0.1) is 13.2 Å². The summed E-state index contributed by atoms with van der Waals surface area (Å²) in [5.41, 5.74) is 0. The zero-order chi connectivity index (χ0) is 11.1. The molecule has 0 aliphatic carbocycles. The molecule has 5 heteroatoms. The third kappa shape index (κ3) is 4.57. The smallest absolute Gasteiger partial charge is 0.368 e. The highest BCUT2D eigenvalue weighted by atomic mass is 19.1. The predicted molar refractivity (Wildman–Crippen MR) is 51.0 cm³/mol. The van der Waals surface area contributed by atoms with Crippen LogP contribution in [0.1, 0.15) is 19.8 Å². The fourth-order valence-corrected chi connectivity index (χ4v) is 1.41. The van der Waals surface area contributed by atoms with Crippen LogP contribution in [0.15, 0.2) is 0 Å². The van der Waals surface area contributed by atoms with Crippen LogP contribution in [0.3, 0.4) is 0 Å². The van der Waals surface area contributed by atoms with Crippen LogP contribution in [0.5, 0.6) is 0 Å². The van der Waals surface area contributed by atoms with E-state index in [2.05, 4.69) is 4.74 Å². The first-order valence-corrected chi connectivity index (χ1v) is 5.24. The van der Waals surface area contributed by atoms with Crippen LogP contribution in [-0.4, -0.2) is 38.8 Å². The van der Waals surface area contributed by atoms with Gasteiger partial charge in [-0.15, -0.1) is 0 Å². The molecule has 1 rings (SSSR count). The number of rotatable bonds is 5. The van der Waals surface area contributed by atoms with Gasteiger partial charge in [0.25, 0.3) is 6.36 Å². The van der Waals surface area contributed by atoms with Crippen molar-refractivity contribution in [3.05, 3.63) is 0 Å². The maximum Gasteiger partial charge on any atom is 0.368 e. The van der Waals surface area contributed by atoms with E-state index in [4.69, 9.17) is 9.47 Å². The highest BCUT2D eigenvalue weighted by Crippen LogP contribution is 2.15. The molecule has 0 amide bonds. The van der Waals surface area contributed by atoms with Crippen LogP contribution in [0.4, 0.5) is 4.39 Å². The first kappa shape index (κ1) is 12.4. The topological polar surface area (TPSA) is 44.8 Å². The van der Waals surface area contributed by atoms with Gasteiger partial charge < -0.3 is 14.2 Å². The second-order valence-corrected chi connectivity index (χ2v) is 3.46. The minimum atomic E-state index is -1.95. The fourth-order valence-electron chi connectivity index (χ4n) is 1.41. The Balaban J connectivity index is 2.14. The lowest BCUT2D eigenvalue weighted by atomic mass is 10.0. The molecule has 1 aliphatic heterocycles. The van der Waals surface area contributed by atoms with Gasteiger partial charge in [0.15, 0.2) is 0 Å². The van der Waals surface area contributed by atoms with Crippen molar-refractivity contribution in [2.45, 2.75) is 26.1 Å². The molecule has 88 valence electrons. The van der Waals surface area contributed by atoms with Gasteiger partial charge in [-0.1, -0.05) is 0 Å². The Bertz CT molecular complexity index is 192. The second-order valence-electron chi connectivity index (χ2n) is 3.46. The Morgan fingerprint density at radius 2 is 2.20 bits per heavy atom. The second kappa shape index (κ2) is 6.74. The van der Waals surface area contributed by atoms with Gasteiger partial charge in [-0.05, 0) is 25.7 Å². The van der Waals surface area contributed by atoms with E-state index in [1.807, 2.05) is 0 Å². The average Bonchev–Trinajstić information content (AvgIpc) is 2.27. The maximum absolute atomic E-state index is 13.0. The van der Waals surface area contributed by atoms with Crippen LogP contribution >= 0.6 is 0 Å². The summed E-state index contributed by atoms with van der Waals surface area (Å²) in [6.45, 7) is 3.42. The third-order valence-corrected chi connectivity index (χ3v) is 2.29. The van der Waals surface area contributed by atoms with Gasteiger partial charge >= 0.3 is 5.97 Å². The van der Waals surface area contributed by atoms with Crippen molar-refractivity contribution in [2.24, 2.45) is 5.92 Å². The van der Waals surface area contributed by atoms with Crippen molar-refractivity contribution in [1.29, 1.82) is 0 Å². The van der Waals surface area contributed by atoms with Gasteiger partial charge in [-0.25, -0.2) is 9.18 Å². The molecule has 0 bridgehead atoms. The van der Waals surface area contributed by atoms with Crippen LogP contribution in [0, 0.1) is 5.92 Å². The van der Waals surface area contributed by atoms with Gasteiger partial charge in [0.1, 0.15) is 0 Å². The highest BCUT2D eigenvalue weighted by molar-refractivity contribution is 5.72. The molecule has 0 aromatic rings. The molecular formula is C10H17FO4. The van der Waals surface area contributed by atoms with E-state index in [-0.39, 0.29) is 19.1 Å². The quantitative estimate of drug-likeness (QED) is 0.655. The third-order valence-electron chi connectivity index (χ3n) is 2.29. The Hall–Kier alpha value is -0.680. The van der Waals surface area contributed by atoms with Crippen molar-refractivity contribution < 1.29 is 23.4 Å². The van der Waals surface area contributed by atoms with Crippen molar-refractivity contribution in [3.8, 4) is 0 Å². The number of carbonyl (C=O) groups is 1. The summed E-state index contributed by atoms with van der Waals surface area (Å²) in [6, 6.07) is 0. The molecule has 0 aromatic carbocycles. The van der Waals surface area contributed by atoms with Crippen molar-refractivity contribution in [1.82, 2.24) is 0 Å². The number of esters is 1. The molecule has 15 heavy (non-hydrogen) atoms. The monoisotopic (exact) mass is 220 g/mol. The van der Waals surface area contributed by atoms with E-state index in [0.717, 1.165) is 12.8 Å². The summed E-state index contributed by atoms with van der Waals surface area (Å²) >= 11 is 0.